The van der Waals surface area contributed by atoms with Crippen LogP contribution in [0.1, 0.15) is 26.1 Å². The Labute approximate surface area is 149 Å². The van der Waals surface area contributed by atoms with Gasteiger partial charge >= 0.3 is 0 Å². The Kier molecular flexibility index (Phi) is 5.11. The zero-order valence-corrected chi connectivity index (χ0v) is 14.7. The van der Waals surface area contributed by atoms with E-state index in [1.807, 2.05) is 13.8 Å². The van der Waals surface area contributed by atoms with Crippen LogP contribution in [0.2, 0.25) is 0 Å². The fourth-order valence-corrected chi connectivity index (χ4v) is 2.39. The number of aromatic nitrogens is 3. The molecule has 1 amide bonds. The van der Waals surface area contributed by atoms with Gasteiger partial charge in [0.25, 0.3) is 11.6 Å². The third-order valence-electron chi connectivity index (χ3n) is 3.89. The normalized spacial score (nSPS) is 12.2. The van der Waals surface area contributed by atoms with Crippen LogP contribution in [0, 0.1) is 12.7 Å². The number of rotatable bonds is 6. The molecule has 0 aliphatic heterocycles. The van der Waals surface area contributed by atoms with E-state index in [-0.39, 0.29) is 36.0 Å². The molecule has 0 radical (unpaired) electrons. The number of carbonyl (C=O) groups excluding carboxylic acids is 1. The summed E-state index contributed by atoms with van der Waals surface area (Å²) in [6, 6.07) is 5.86. The molecular weight excluding hydrogens is 339 g/mol. The van der Waals surface area contributed by atoms with Gasteiger partial charge < -0.3 is 14.6 Å². The molecule has 2 heterocycles. The van der Waals surface area contributed by atoms with Crippen molar-refractivity contribution >= 4 is 17.0 Å². The number of carbonyl (C=O) groups is 1. The zero-order chi connectivity index (χ0) is 18.7. The number of hydrogen-bond donors (Lipinski definition) is 1. The highest BCUT2D eigenvalue weighted by atomic mass is 19.1. The second kappa shape index (κ2) is 7.47. The summed E-state index contributed by atoms with van der Waals surface area (Å²) in [6.07, 6.45) is 0.822. The lowest BCUT2D eigenvalue weighted by molar-refractivity contribution is -0.123. The van der Waals surface area contributed by atoms with Crippen molar-refractivity contribution in [3.05, 3.63) is 35.9 Å². The van der Waals surface area contributed by atoms with Crippen LogP contribution in [0.15, 0.2) is 28.8 Å². The Morgan fingerprint density at radius 1 is 1.31 bits per heavy atom. The first-order valence-corrected chi connectivity index (χ1v) is 8.30. The summed E-state index contributed by atoms with van der Waals surface area (Å²) in [5.41, 5.74) is 1.30. The summed E-state index contributed by atoms with van der Waals surface area (Å²) in [6.45, 7) is 5.39. The summed E-state index contributed by atoms with van der Waals surface area (Å²) in [4.78, 5) is 20.4. The van der Waals surface area contributed by atoms with E-state index in [4.69, 9.17) is 9.26 Å². The molecule has 0 aliphatic carbocycles. The number of benzene rings is 1. The number of amides is 1. The van der Waals surface area contributed by atoms with Gasteiger partial charge in [0.2, 0.25) is 5.88 Å². The molecule has 7 nitrogen and oxygen atoms in total. The molecule has 1 unspecified atom stereocenters. The fourth-order valence-electron chi connectivity index (χ4n) is 2.39. The van der Waals surface area contributed by atoms with E-state index >= 15 is 0 Å². The molecule has 3 rings (SSSR count). The number of nitrogens with zero attached hydrogens (tertiary/aromatic N) is 3. The smallest absolute Gasteiger partial charge is 0.265 e. The van der Waals surface area contributed by atoms with Gasteiger partial charge in [0.15, 0.2) is 6.61 Å². The van der Waals surface area contributed by atoms with Crippen LogP contribution in [0.25, 0.3) is 22.4 Å². The first-order valence-electron chi connectivity index (χ1n) is 8.30. The molecule has 2 aromatic heterocycles. The van der Waals surface area contributed by atoms with Gasteiger partial charge in [-0.3, -0.25) is 4.79 Å². The average molecular weight is 358 g/mol. The summed E-state index contributed by atoms with van der Waals surface area (Å²) >= 11 is 0. The van der Waals surface area contributed by atoms with Crippen LogP contribution < -0.4 is 10.1 Å². The topological polar surface area (TPSA) is 90.1 Å². The van der Waals surface area contributed by atoms with Crippen LogP contribution in [-0.2, 0) is 4.79 Å². The highest BCUT2D eigenvalue weighted by molar-refractivity contribution is 5.93. The van der Waals surface area contributed by atoms with Crippen LogP contribution >= 0.6 is 0 Å². The second-order valence-electron chi connectivity index (χ2n) is 5.96. The van der Waals surface area contributed by atoms with Gasteiger partial charge in [-0.05, 0) is 44.5 Å². The Morgan fingerprint density at radius 3 is 2.73 bits per heavy atom. The van der Waals surface area contributed by atoms with Crippen molar-refractivity contribution in [2.24, 2.45) is 0 Å². The maximum Gasteiger partial charge on any atom is 0.265 e. The molecule has 3 aromatic rings. The minimum atomic E-state index is -0.355. The van der Waals surface area contributed by atoms with Gasteiger partial charge in [0.05, 0.1) is 0 Å². The Balaban J connectivity index is 1.92. The van der Waals surface area contributed by atoms with Crippen molar-refractivity contribution in [2.75, 3.05) is 6.61 Å². The standard InChI is InChI=1S/C18H19FN4O3/c1-4-10(2)20-14(24)9-25-17-15-16(12-5-7-13(19)8-6-12)23-26-18(15)22-11(3)21-17/h5-8,10H,4,9H2,1-3H3,(H,20,24). The molecule has 1 N–H and O–H groups in total. The van der Waals surface area contributed by atoms with Crippen molar-refractivity contribution in [1.82, 2.24) is 20.4 Å². The molecule has 26 heavy (non-hydrogen) atoms. The highest BCUT2D eigenvalue weighted by Crippen LogP contribution is 2.33. The molecule has 8 heteroatoms. The first-order chi connectivity index (χ1) is 12.5. The number of halogens is 1. The lowest BCUT2D eigenvalue weighted by atomic mass is 10.1. The zero-order valence-electron chi connectivity index (χ0n) is 14.7. The fraction of sp³-hybridized carbons (Fsp3) is 0.333. The second-order valence-corrected chi connectivity index (χ2v) is 5.96. The third-order valence-corrected chi connectivity index (χ3v) is 3.89. The quantitative estimate of drug-likeness (QED) is 0.728. The van der Waals surface area contributed by atoms with Crippen molar-refractivity contribution in [3.8, 4) is 17.1 Å². The summed E-state index contributed by atoms with van der Waals surface area (Å²) in [7, 11) is 0. The number of hydrogen-bond acceptors (Lipinski definition) is 6. The largest absolute Gasteiger partial charge is 0.467 e. The molecule has 0 fully saturated rings. The molecular formula is C18H19FN4O3. The minimum absolute atomic E-state index is 0.0589. The maximum absolute atomic E-state index is 13.2. The lowest BCUT2D eigenvalue weighted by Gasteiger charge is -2.12. The molecule has 1 atom stereocenters. The van der Waals surface area contributed by atoms with Crippen LogP contribution in [0.3, 0.4) is 0 Å². The summed E-state index contributed by atoms with van der Waals surface area (Å²) < 4.78 is 24.1. The van der Waals surface area contributed by atoms with E-state index in [1.54, 1.807) is 19.1 Å². The third kappa shape index (κ3) is 3.79. The van der Waals surface area contributed by atoms with Gasteiger partial charge in [0.1, 0.15) is 22.7 Å². The molecule has 0 spiro atoms. The van der Waals surface area contributed by atoms with Crippen molar-refractivity contribution in [3.63, 3.8) is 0 Å². The summed E-state index contributed by atoms with van der Waals surface area (Å²) in [5, 5.41) is 7.27. The molecule has 0 saturated carbocycles. The Morgan fingerprint density at radius 2 is 2.04 bits per heavy atom. The van der Waals surface area contributed by atoms with E-state index in [0.717, 1.165) is 6.42 Å². The van der Waals surface area contributed by atoms with E-state index in [9.17, 15) is 9.18 Å². The van der Waals surface area contributed by atoms with E-state index in [0.29, 0.717) is 22.5 Å². The average Bonchev–Trinajstić information content (AvgIpc) is 3.04. The van der Waals surface area contributed by atoms with Crippen molar-refractivity contribution in [1.29, 1.82) is 0 Å². The van der Waals surface area contributed by atoms with E-state index in [1.165, 1.54) is 12.1 Å². The molecule has 0 aliphatic rings. The van der Waals surface area contributed by atoms with Gasteiger partial charge in [-0.25, -0.2) is 4.39 Å². The van der Waals surface area contributed by atoms with Gasteiger partial charge in [-0.1, -0.05) is 12.1 Å². The number of ether oxygens (including phenoxy) is 1. The van der Waals surface area contributed by atoms with E-state index in [2.05, 4.69) is 20.4 Å². The van der Waals surface area contributed by atoms with Crippen LogP contribution in [-0.4, -0.2) is 33.7 Å². The molecule has 136 valence electrons. The SMILES string of the molecule is CCC(C)NC(=O)COc1nc(C)nc2onc(-c3ccc(F)cc3)c12. The molecule has 0 saturated heterocycles. The van der Waals surface area contributed by atoms with E-state index < -0.39 is 0 Å². The molecule has 1 aromatic carbocycles. The lowest BCUT2D eigenvalue weighted by Crippen LogP contribution is -2.35. The monoisotopic (exact) mass is 358 g/mol. The number of nitrogens with one attached hydrogen (secondary N) is 1. The van der Waals surface area contributed by atoms with Crippen molar-refractivity contribution in [2.45, 2.75) is 33.2 Å². The Bertz CT molecular complexity index is 924. The predicted molar refractivity (Wildman–Crippen MR) is 93.1 cm³/mol. The van der Waals surface area contributed by atoms with Gasteiger partial charge in [-0.15, -0.1) is 0 Å². The van der Waals surface area contributed by atoms with Gasteiger partial charge in [0, 0.05) is 11.6 Å². The number of fused-ring (bicyclic) bond motifs is 1. The maximum atomic E-state index is 13.2. The minimum Gasteiger partial charge on any atom is -0.467 e. The van der Waals surface area contributed by atoms with Gasteiger partial charge in [-0.2, -0.15) is 9.97 Å². The molecule has 0 bridgehead atoms. The highest BCUT2D eigenvalue weighted by Gasteiger charge is 2.20. The van der Waals surface area contributed by atoms with Crippen LogP contribution in [0.4, 0.5) is 4.39 Å². The van der Waals surface area contributed by atoms with Crippen molar-refractivity contribution < 1.29 is 18.4 Å². The number of aryl methyl sites for hydroxylation is 1. The summed E-state index contributed by atoms with van der Waals surface area (Å²) in [5.74, 6) is 0.0272. The predicted octanol–water partition coefficient (Wildman–Crippen LogP) is 3.03. The van der Waals surface area contributed by atoms with Crippen LogP contribution in [0.5, 0.6) is 5.88 Å². The Hall–Kier alpha value is -3.03. The first kappa shape index (κ1) is 17.8.